The highest BCUT2D eigenvalue weighted by Crippen LogP contribution is 2.21. The summed E-state index contributed by atoms with van der Waals surface area (Å²) < 4.78 is 29.9. The molecule has 1 aromatic heterocycles. The molecule has 2 aromatic carbocycles. The highest BCUT2D eigenvalue weighted by Gasteiger charge is 2.25. The van der Waals surface area contributed by atoms with Crippen molar-refractivity contribution in [1.82, 2.24) is 15.5 Å². The van der Waals surface area contributed by atoms with Gasteiger partial charge in [0, 0.05) is 5.56 Å². The molecule has 0 aliphatic heterocycles. The van der Waals surface area contributed by atoms with Crippen molar-refractivity contribution in [3.8, 4) is 11.4 Å². The van der Waals surface area contributed by atoms with Gasteiger partial charge < -0.3 is 19.3 Å². The molecule has 8 heteroatoms. The Morgan fingerprint density at radius 2 is 1.93 bits per heavy atom. The number of halogens is 1. The SMILES string of the molecule is CC(C)(C)OC(=O)NC(COCc1ccccc1)c1nc(-c2cccc(F)c2)no1. The third-order valence-corrected chi connectivity index (χ3v) is 3.91. The number of carbonyl (C=O) groups is 1. The molecule has 3 aromatic rings. The summed E-state index contributed by atoms with van der Waals surface area (Å²) in [5.74, 6) is -0.0646. The van der Waals surface area contributed by atoms with Crippen LogP contribution in [-0.4, -0.2) is 28.4 Å². The number of alkyl carbamates (subject to hydrolysis) is 1. The van der Waals surface area contributed by atoms with Gasteiger partial charge in [0.25, 0.3) is 5.89 Å². The Kier molecular flexibility index (Phi) is 6.79. The average Bonchev–Trinajstić information content (AvgIpc) is 3.17. The molecule has 3 rings (SSSR count). The molecule has 1 unspecified atom stereocenters. The number of ether oxygens (including phenoxy) is 2. The summed E-state index contributed by atoms with van der Waals surface area (Å²) in [6.07, 6.45) is -0.638. The maximum Gasteiger partial charge on any atom is 0.408 e. The second-order valence-electron chi connectivity index (χ2n) is 7.67. The van der Waals surface area contributed by atoms with E-state index in [1.54, 1.807) is 32.9 Å². The maximum atomic E-state index is 13.5. The Bertz CT molecular complexity index is 970. The summed E-state index contributed by atoms with van der Waals surface area (Å²) in [6, 6.07) is 14.7. The van der Waals surface area contributed by atoms with Crippen molar-refractivity contribution in [2.45, 2.75) is 39.0 Å². The fraction of sp³-hybridized carbons (Fsp3) is 0.318. The number of amides is 1. The van der Waals surface area contributed by atoms with Crippen LogP contribution in [0.3, 0.4) is 0 Å². The monoisotopic (exact) mass is 413 g/mol. The van der Waals surface area contributed by atoms with E-state index in [1.165, 1.54) is 12.1 Å². The van der Waals surface area contributed by atoms with Crippen LogP contribution in [0.2, 0.25) is 0 Å². The van der Waals surface area contributed by atoms with Crippen molar-refractivity contribution in [1.29, 1.82) is 0 Å². The molecule has 1 N–H and O–H groups in total. The Morgan fingerprint density at radius 1 is 1.17 bits per heavy atom. The smallest absolute Gasteiger partial charge is 0.408 e. The highest BCUT2D eigenvalue weighted by molar-refractivity contribution is 5.68. The molecule has 0 radical (unpaired) electrons. The molecule has 0 fully saturated rings. The van der Waals surface area contributed by atoms with E-state index < -0.39 is 23.6 Å². The number of hydrogen-bond acceptors (Lipinski definition) is 6. The molecule has 1 atom stereocenters. The number of benzene rings is 2. The van der Waals surface area contributed by atoms with Gasteiger partial charge in [-0.3, -0.25) is 0 Å². The summed E-state index contributed by atoms with van der Waals surface area (Å²) in [5.41, 5.74) is 0.784. The molecular formula is C22H24FN3O4. The number of carbonyl (C=O) groups excluding carboxylic acids is 1. The van der Waals surface area contributed by atoms with E-state index in [1.807, 2.05) is 30.3 Å². The van der Waals surface area contributed by atoms with Gasteiger partial charge in [0.05, 0.1) is 13.2 Å². The Hall–Kier alpha value is -3.26. The van der Waals surface area contributed by atoms with E-state index in [0.29, 0.717) is 12.2 Å². The van der Waals surface area contributed by atoms with Gasteiger partial charge in [0.15, 0.2) is 0 Å². The highest BCUT2D eigenvalue weighted by atomic mass is 19.1. The van der Waals surface area contributed by atoms with Gasteiger partial charge in [-0.1, -0.05) is 47.6 Å². The second kappa shape index (κ2) is 9.49. The van der Waals surface area contributed by atoms with Crippen molar-refractivity contribution < 1.29 is 23.2 Å². The van der Waals surface area contributed by atoms with Gasteiger partial charge in [-0.15, -0.1) is 0 Å². The van der Waals surface area contributed by atoms with Crippen LogP contribution in [0.1, 0.15) is 38.3 Å². The van der Waals surface area contributed by atoms with Gasteiger partial charge in [0.2, 0.25) is 5.82 Å². The zero-order chi connectivity index (χ0) is 21.6. The fourth-order valence-electron chi connectivity index (χ4n) is 2.61. The molecule has 158 valence electrons. The summed E-state index contributed by atoms with van der Waals surface area (Å²) >= 11 is 0. The molecule has 0 spiro atoms. The van der Waals surface area contributed by atoms with E-state index in [4.69, 9.17) is 14.0 Å². The molecule has 0 aliphatic rings. The van der Waals surface area contributed by atoms with Crippen molar-refractivity contribution in [2.24, 2.45) is 0 Å². The van der Waals surface area contributed by atoms with Gasteiger partial charge >= 0.3 is 6.09 Å². The summed E-state index contributed by atoms with van der Waals surface area (Å²) in [4.78, 5) is 16.6. The number of rotatable bonds is 7. The average molecular weight is 413 g/mol. The van der Waals surface area contributed by atoms with Gasteiger partial charge in [-0.05, 0) is 38.5 Å². The molecule has 7 nitrogen and oxygen atoms in total. The third-order valence-electron chi connectivity index (χ3n) is 3.91. The lowest BCUT2D eigenvalue weighted by molar-refractivity contribution is 0.0399. The summed E-state index contributed by atoms with van der Waals surface area (Å²) in [5, 5.41) is 6.59. The van der Waals surface area contributed by atoms with Gasteiger partial charge in [0.1, 0.15) is 17.5 Å². The number of aromatic nitrogens is 2. The van der Waals surface area contributed by atoms with Crippen molar-refractivity contribution in [3.05, 3.63) is 71.9 Å². The van der Waals surface area contributed by atoms with Crippen molar-refractivity contribution >= 4 is 6.09 Å². The maximum absolute atomic E-state index is 13.5. The van der Waals surface area contributed by atoms with Gasteiger partial charge in [-0.2, -0.15) is 4.98 Å². The van der Waals surface area contributed by atoms with E-state index in [2.05, 4.69) is 15.5 Å². The molecule has 0 aliphatic carbocycles. The minimum absolute atomic E-state index is 0.0823. The first-order valence-corrected chi connectivity index (χ1v) is 9.51. The molecular weight excluding hydrogens is 389 g/mol. The molecule has 0 saturated carbocycles. The summed E-state index contributed by atoms with van der Waals surface area (Å²) in [6.45, 7) is 5.73. The van der Waals surface area contributed by atoms with Crippen LogP contribution in [0.15, 0.2) is 59.1 Å². The van der Waals surface area contributed by atoms with E-state index in [0.717, 1.165) is 5.56 Å². The second-order valence-corrected chi connectivity index (χ2v) is 7.67. The molecule has 1 amide bonds. The number of nitrogens with one attached hydrogen (secondary N) is 1. The Morgan fingerprint density at radius 3 is 2.63 bits per heavy atom. The topological polar surface area (TPSA) is 86.5 Å². The van der Waals surface area contributed by atoms with Gasteiger partial charge in [-0.25, -0.2) is 9.18 Å². The predicted octanol–water partition coefficient (Wildman–Crippen LogP) is 4.66. The molecule has 30 heavy (non-hydrogen) atoms. The molecule has 0 saturated heterocycles. The van der Waals surface area contributed by atoms with Crippen LogP contribution in [-0.2, 0) is 16.1 Å². The standard InChI is InChI=1S/C22H24FN3O4/c1-22(2,3)29-21(27)24-18(14-28-13-15-8-5-4-6-9-15)20-25-19(26-30-20)16-10-7-11-17(23)12-16/h4-12,18H,13-14H2,1-3H3,(H,24,27). The fourth-order valence-corrected chi connectivity index (χ4v) is 2.61. The first-order valence-electron chi connectivity index (χ1n) is 9.51. The minimum Gasteiger partial charge on any atom is -0.444 e. The van der Waals surface area contributed by atoms with E-state index in [-0.39, 0.29) is 18.3 Å². The lowest BCUT2D eigenvalue weighted by Gasteiger charge is -2.22. The Balaban J connectivity index is 1.73. The molecule has 0 bridgehead atoms. The minimum atomic E-state index is -0.738. The van der Waals surface area contributed by atoms with Crippen LogP contribution >= 0.6 is 0 Å². The quantitative estimate of drug-likeness (QED) is 0.606. The first-order chi connectivity index (χ1) is 14.3. The third kappa shape index (κ3) is 6.38. The van der Waals surface area contributed by atoms with E-state index in [9.17, 15) is 9.18 Å². The number of nitrogens with zero attached hydrogens (tertiary/aromatic N) is 2. The van der Waals surface area contributed by atoms with Crippen LogP contribution < -0.4 is 5.32 Å². The number of hydrogen-bond donors (Lipinski definition) is 1. The summed E-state index contributed by atoms with van der Waals surface area (Å²) in [7, 11) is 0. The Labute approximate surface area is 174 Å². The van der Waals surface area contributed by atoms with Crippen molar-refractivity contribution in [2.75, 3.05) is 6.61 Å². The first kappa shape index (κ1) is 21.4. The predicted molar refractivity (Wildman–Crippen MR) is 108 cm³/mol. The lowest BCUT2D eigenvalue weighted by Crippen LogP contribution is -2.36. The van der Waals surface area contributed by atoms with Crippen LogP contribution in [0.5, 0.6) is 0 Å². The van der Waals surface area contributed by atoms with Crippen LogP contribution in [0, 0.1) is 5.82 Å². The van der Waals surface area contributed by atoms with E-state index >= 15 is 0 Å². The van der Waals surface area contributed by atoms with Crippen LogP contribution in [0.25, 0.3) is 11.4 Å². The van der Waals surface area contributed by atoms with Crippen molar-refractivity contribution in [3.63, 3.8) is 0 Å². The molecule has 1 heterocycles. The zero-order valence-electron chi connectivity index (χ0n) is 17.1. The lowest BCUT2D eigenvalue weighted by atomic mass is 10.2. The largest absolute Gasteiger partial charge is 0.444 e. The van der Waals surface area contributed by atoms with Crippen LogP contribution in [0.4, 0.5) is 9.18 Å². The normalized spacial score (nSPS) is 12.4. The zero-order valence-corrected chi connectivity index (χ0v) is 17.1.